The summed E-state index contributed by atoms with van der Waals surface area (Å²) in [5.74, 6) is 0.420. The molecule has 2 aliphatic rings. The van der Waals surface area contributed by atoms with E-state index in [9.17, 15) is 9.59 Å². The van der Waals surface area contributed by atoms with Gasteiger partial charge in [0.2, 0.25) is 5.91 Å². The predicted octanol–water partition coefficient (Wildman–Crippen LogP) is 0.377. The van der Waals surface area contributed by atoms with Crippen LogP contribution in [0.25, 0.3) is 0 Å². The van der Waals surface area contributed by atoms with E-state index in [0.717, 1.165) is 51.5 Å². The Balaban J connectivity index is 1.63. The highest BCUT2D eigenvalue weighted by molar-refractivity contribution is 5.83. The predicted molar refractivity (Wildman–Crippen MR) is 84.4 cm³/mol. The molecule has 126 valence electrons. The van der Waals surface area contributed by atoms with Crippen LogP contribution in [0.3, 0.4) is 0 Å². The molecule has 0 aromatic heterocycles. The number of amides is 1. The third-order valence-corrected chi connectivity index (χ3v) is 4.59. The Morgan fingerprint density at radius 2 is 2.05 bits per heavy atom. The minimum Gasteiger partial charge on any atom is -0.465 e. The van der Waals surface area contributed by atoms with Gasteiger partial charge in [0.25, 0.3) is 0 Å². The molecule has 2 heterocycles. The average molecular weight is 311 g/mol. The summed E-state index contributed by atoms with van der Waals surface area (Å²) in [6.45, 7) is 7.48. The monoisotopic (exact) mass is 311 g/mol. The van der Waals surface area contributed by atoms with Crippen LogP contribution < -0.4 is 10.6 Å². The fraction of sp³-hybridized carbons (Fsp3) is 0.875. The number of hydrogen-bond acceptors (Lipinski definition) is 5. The number of carbonyl (C=O) groups excluding carboxylic acids is 2. The van der Waals surface area contributed by atoms with Crippen LogP contribution in [0.4, 0.5) is 0 Å². The fourth-order valence-corrected chi connectivity index (χ4v) is 3.34. The lowest BCUT2D eigenvalue weighted by molar-refractivity contribution is -0.144. The molecule has 1 unspecified atom stereocenters. The summed E-state index contributed by atoms with van der Waals surface area (Å²) in [4.78, 5) is 25.8. The van der Waals surface area contributed by atoms with Crippen molar-refractivity contribution in [3.63, 3.8) is 0 Å². The van der Waals surface area contributed by atoms with E-state index in [1.807, 2.05) is 0 Å². The Morgan fingerprint density at radius 1 is 1.27 bits per heavy atom. The van der Waals surface area contributed by atoms with Crippen molar-refractivity contribution in [1.29, 1.82) is 0 Å². The van der Waals surface area contributed by atoms with Gasteiger partial charge in [0.05, 0.1) is 6.61 Å². The van der Waals surface area contributed by atoms with Crippen molar-refractivity contribution >= 4 is 11.9 Å². The van der Waals surface area contributed by atoms with Gasteiger partial charge in [-0.15, -0.1) is 0 Å². The highest BCUT2D eigenvalue weighted by Crippen LogP contribution is 2.20. The molecule has 6 heteroatoms. The molecule has 0 saturated carbocycles. The molecule has 0 aromatic rings. The minimum atomic E-state index is -0.363. The van der Waals surface area contributed by atoms with Crippen LogP contribution in [0.5, 0.6) is 0 Å². The SMILES string of the molecule is CCOC(=O)CNC(=O)C1CCN(CC2CCCNC2)CC1. The van der Waals surface area contributed by atoms with Gasteiger partial charge in [-0.05, 0) is 64.7 Å². The molecular weight excluding hydrogens is 282 g/mol. The molecule has 0 spiro atoms. The molecule has 0 aromatic carbocycles. The van der Waals surface area contributed by atoms with Gasteiger partial charge in [-0.3, -0.25) is 9.59 Å². The number of nitrogens with one attached hydrogen (secondary N) is 2. The smallest absolute Gasteiger partial charge is 0.325 e. The fourth-order valence-electron chi connectivity index (χ4n) is 3.34. The van der Waals surface area contributed by atoms with Crippen LogP contribution in [0.1, 0.15) is 32.6 Å². The molecular formula is C16H29N3O3. The zero-order valence-electron chi connectivity index (χ0n) is 13.6. The standard InChI is InChI=1S/C16H29N3O3/c1-2-22-15(20)11-18-16(21)14-5-8-19(9-6-14)12-13-4-3-7-17-10-13/h13-14,17H,2-12H2,1H3,(H,18,21). The lowest BCUT2D eigenvalue weighted by Crippen LogP contribution is -2.45. The third-order valence-electron chi connectivity index (χ3n) is 4.59. The maximum atomic E-state index is 12.1. The van der Waals surface area contributed by atoms with Crippen molar-refractivity contribution in [1.82, 2.24) is 15.5 Å². The molecule has 0 aliphatic carbocycles. The van der Waals surface area contributed by atoms with Gasteiger partial charge in [0.1, 0.15) is 6.54 Å². The van der Waals surface area contributed by atoms with E-state index in [0.29, 0.717) is 6.61 Å². The van der Waals surface area contributed by atoms with E-state index < -0.39 is 0 Å². The molecule has 6 nitrogen and oxygen atoms in total. The molecule has 22 heavy (non-hydrogen) atoms. The van der Waals surface area contributed by atoms with Gasteiger partial charge in [0, 0.05) is 12.5 Å². The topological polar surface area (TPSA) is 70.7 Å². The van der Waals surface area contributed by atoms with E-state index >= 15 is 0 Å². The molecule has 0 bridgehead atoms. The molecule has 2 rings (SSSR count). The quantitative estimate of drug-likeness (QED) is 0.694. The zero-order chi connectivity index (χ0) is 15.8. The number of carbonyl (C=O) groups is 2. The molecule has 0 radical (unpaired) electrons. The summed E-state index contributed by atoms with van der Waals surface area (Å²) in [5, 5.41) is 6.15. The number of piperidine rings is 2. The molecule has 2 fully saturated rings. The number of likely N-dealkylation sites (tertiary alicyclic amines) is 1. The Bertz CT molecular complexity index is 362. The van der Waals surface area contributed by atoms with E-state index in [1.165, 1.54) is 12.8 Å². The Labute approximate surface area is 132 Å². The largest absolute Gasteiger partial charge is 0.465 e. The second kappa shape index (κ2) is 9.10. The van der Waals surface area contributed by atoms with Gasteiger partial charge in [-0.2, -0.15) is 0 Å². The summed E-state index contributed by atoms with van der Waals surface area (Å²) in [5.41, 5.74) is 0. The number of esters is 1. The summed E-state index contributed by atoms with van der Waals surface area (Å²) >= 11 is 0. The molecule has 1 atom stereocenters. The Morgan fingerprint density at radius 3 is 2.68 bits per heavy atom. The Kier molecular flexibility index (Phi) is 7.12. The maximum absolute atomic E-state index is 12.1. The van der Waals surface area contributed by atoms with Crippen molar-refractivity contribution < 1.29 is 14.3 Å². The minimum absolute atomic E-state index is 0.00737. The van der Waals surface area contributed by atoms with Crippen LogP contribution in [-0.4, -0.2) is 62.7 Å². The molecule has 2 N–H and O–H groups in total. The number of ether oxygens (including phenoxy) is 1. The zero-order valence-corrected chi connectivity index (χ0v) is 13.6. The van der Waals surface area contributed by atoms with Gasteiger partial charge in [0.15, 0.2) is 0 Å². The van der Waals surface area contributed by atoms with E-state index in [1.54, 1.807) is 6.92 Å². The first-order valence-electron chi connectivity index (χ1n) is 8.55. The first-order chi connectivity index (χ1) is 10.7. The highest BCUT2D eigenvalue weighted by atomic mass is 16.5. The van der Waals surface area contributed by atoms with Gasteiger partial charge in [-0.1, -0.05) is 0 Å². The van der Waals surface area contributed by atoms with Crippen LogP contribution in [0.2, 0.25) is 0 Å². The van der Waals surface area contributed by atoms with Gasteiger partial charge < -0.3 is 20.3 Å². The summed E-state index contributed by atoms with van der Waals surface area (Å²) < 4.78 is 4.81. The van der Waals surface area contributed by atoms with Crippen molar-refractivity contribution in [3.05, 3.63) is 0 Å². The lowest BCUT2D eigenvalue weighted by Gasteiger charge is -2.35. The first kappa shape index (κ1) is 17.2. The number of nitrogens with zero attached hydrogens (tertiary/aromatic N) is 1. The highest BCUT2D eigenvalue weighted by Gasteiger charge is 2.26. The normalized spacial score (nSPS) is 24.0. The maximum Gasteiger partial charge on any atom is 0.325 e. The summed E-state index contributed by atoms with van der Waals surface area (Å²) in [6.07, 6.45) is 4.36. The average Bonchev–Trinajstić information content (AvgIpc) is 2.54. The van der Waals surface area contributed by atoms with E-state index in [2.05, 4.69) is 15.5 Å². The van der Waals surface area contributed by atoms with Crippen LogP contribution >= 0.6 is 0 Å². The Hall–Kier alpha value is -1.14. The van der Waals surface area contributed by atoms with Crippen molar-refractivity contribution in [2.45, 2.75) is 32.6 Å². The second-order valence-electron chi connectivity index (χ2n) is 6.31. The molecule has 1 amide bonds. The number of rotatable bonds is 6. The summed E-state index contributed by atoms with van der Waals surface area (Å²) in [6, 6.07) is 0. The third kappa shape index (κ3) is 5.57. The van der Waals surface area contributed by atoms with Crippen molar-refractivity contribution in [2.75, 3.05) is 45.9 Å². The second-order valence-corrected chi connectivity index (χ2v) is 6.31. The van der Waals surface area contributed by atoms with Crippen LogP contribution in [0.15, 0.2) is 0 Å². The van der Waals surface area contributed by atoms with Gasteiger partial charge in [-0.25, -0.2) is 0 Å². The molecule has 2 saturated heterocycles. The summed E-state index contributed by atoms with van der Waals surface area (Å²) in [7, 11) is 0. The van der Waals surface area contributed by atoms with Crippen molar-refractivity contribution in [3.8, 4) is 0 Å². The first-order valence-corrected chi connectivity index (χ1v) is 8.55. The molecule has 2 aliphatic heterocycles. The lowest BCUT2D eigenvalue weighted by atomic mass is 9.93. The van der Waals surface area contributed by atoms with E-state index in [4.69, 9.17) is 4.74 Å². The van der Waals surface area contributed by atoms with Crippen LogP contribution in [0, 0.1) is 11.8 Å². The van der Waals surface area contributed by atoms with Gasteiger partial charge >= 0.3 is 5.97 Å². The van der Waals surface area contributed by atoms with Crippen LogP contribution in [-0.2, 0) is 14.3 Å². The van der Waals surface area contributed by atoms with Crippen molar-refractivity contribution in [2.24, 2.45) is 11.8 Å². The van der Waals surface area contributed by atoms with E-state index in [-0.39, 0.29) is 24.3 Å². The number of hydrogen-bond donors (Lipinski definition) is 2.